The number of imidazole rings is 1. The van der Waals surface area contributed by atoms with Crippen LogP contribution < -0.4 is 0 Å². The molecular weight excluding hydrogens is 182 g/mol. The highest BCUT2D eigenvalue weighted by Gasteiger charge is 2.05. The lowest BCUT2D eigenvalue weighted by molar-refractivity contribution is 0.610. The monoisotopic (exact) mass is 193 g/mol. The maximum Gasteiger partial charge on any atom is 0.178 e. The number of aromatic nitrogens is 3. The van der Waals surface area contributed by atoms with Gasteiger partial charge in [-0.1, -0.05) is 0 Å². The van der Waals surface area contributed by atoms with Crippen LogP contribution in [0.5, 0.6) is 0 Å². The normalized spacial score (nSPS) is 11.3. The van der Waals surface area contributed by atoms with E-state index in [1.165, 1.54) is 0 Å². The minimum absolute atomic E-state index is 0.378. The van der Waals surface area contributed by atoms with Crippen molar-refractivity contribution in [2.45, 2.75) is 19.9 Å². The lowest BCUT2D eigenvalue weighted by atomic mass is 10.3. The fourth-order valence-electron chi connectivity index (χ4n) is 1.49. The Kier molecular flexibility index (Phi) is 1.92. The zero-order valence-corrected chi connectivity index (χ0v) is 8.43. The Hall–Kier alpha value is -1.16. The molecule has 0 aromatic carbocycles. The summed E-state index contributed by atoms with van der Waals surface area (Å²) in [6.07, 6.45) is 3.58. The van der Waals surface area contributed by atoms with E-state index in [-0.39, 0.29) is 0 Å². The van der Waals surface area contributed by atoms with Gasteiger partial charge in [0.25, 0.3) is 0 Å². The van der Waals surface area contributed by atoms with Crippen LogP contribution in [0.3, 0.4) is 0 Å². The largest absolute Gasteiger partial charge is 0.329 e. The number of hydrogen-bond acceptors (Lipinski definition) is 2. The molecule has 0 spiro atoms. The van der Waals surface area contributed by atoms with Crippen molar-refractivity contribution in [3.05, 3.63) is 23.2 Å². The molecule has 1 N–H and O–H groups in total. The lowest BCUT2D eigenvalue weighted by Gasteiger charge is -2.07. The highest BCUT2D eigenvalue weighted by molar-refractivity contribution is 7.71. The molecule has 0 saturated heterocycles. The zero-order chi connectivity index (χ0) is 9.42. The third-order valence-corrected chi connectivity index (χ3v) is 2.33. The number of hydrogen-bond donors (Lipinski definition) is 1. The molecule has 0 aliphatic heterocycles. The summed E-state index contributed by atoms with van der Waals surface area (Å²) < 4.78 is 2.85. The van der Waals surface area contributed by atoms with E-state index in [1.54, 1.807) is 12.4 Å². The molecule has 2 aromatic heterocycles. The number of pyridine rings is 1. The molecular formula is C9H11N3S. The summed E-state index contributed by atoms with van der Waals surface area (Å²) in [6.45, 7) is 4.23. The third-order valence-electron chi connectivity index (χ3n) is 2.03. The van der Waals surface area contributed by atoms with E-state index in [9.17, 15) is 0 Å². The summed E-state index contributed by atoms with van der Waals surface area (Å²) in [5, 5.41) is 0. The Balaban J connectivity index is 2.87. The smallest absolute Gasteiger partial charge is 0.178 e. The number of fused-ring (bicyclic) bond motifs is 1. The van der Waals surface area contributed by atoms with Gasteiger partial charge >= 0.3 is 0 Å². The lowest BCUT2D eigenvalue weighted by Crippen LogP contribution is -1.99. The number of aromatic amines is 1. The quantitative estimate of drug-likeness (QED) is 0.706. The molecule has 13 heavy (non-hydrogen) atoms. The van der Waals surface area contributed by atoms with Crippen LogP contribution in [0.15, 0.2) is 18.5 Å². The minimum Gasteiger partial charge on any atom is -0.329 e. The SMILES string of the molecule is CC(C)n1c(=S)[nH]c2cnccc21. The van der Waals surface area contributed by atoms with E-state index >= 15 is 0 Å². The van der Waals surface area contributed by atoms with E-state index in [4.69, 9.17) is 12.2 Å². The fourth-order valence-corrected chi connectivity index (χ4v) is 1.91. The first-order valence-corrected chi connectivity index (χ1v) is 4.65. The average molecular weight is 193 g/mol. The molecule has 0 bridgehead atoms. The van der Waals surface area contributed by atoms with Gasteiger partial charge in [-0.05, 0) is 32.1 Å². The average Bonchev–Trinajstić information content (AvgIpc) is 2.39. The molecule has 4 heteroatoms. The topological polar surface area (TPSA) is 33.6 Å². The summed E-state index contributed by atoms with van der Waals surface area (Å²) >= 11 is 5.21. The number of nitrogens with one attached hydrogen (secondary N) is 1. The summed E-state index contributed by atoms with van der Waals surface area (Å²) in [4.78, 5) is 7.16. The Labute approximate surface area is 81.4 Å². The van der Waals surface area contributed by atoms with Gasteiger partial charge in [0.05, 0.1) is 17.2 Å². The van der Waals surface area contributed by atoms with Crippen LogP contribution in [0.4, 0.5) is 0 Å². The van der Waals surface area contributed by atoms with Crippen molar-refractivity contribution in [2.75, 3.05) is 0 Å². The molecule has 0 aliphatic carbocycles. The van der Waals surface area contributed by atoms with Gasteiger partial charge in [-0.2, -0.15) is 0 Å². The van der Waals surface area contributed by atoms with E-state index in [0.29, 0.717) is 6.04 Å². The maximum atomic E-state index is 5.21. The third kappa shape index (κ3) is 1.27. The predicted molar refractivity (Wildman–Crippen MR) is 55.3 cm³/mol. The van der Waals surface area contributed by atoms with Crippen molar-refractivity contribution < 1.29 is 0 Å². The molecule has 2 heterocycles. The predicted octanol–water partition coefficient (Wildman–Crippen LogP) is 2.67. The van der Waals surface area contributed by atoms with Crippen LogP contribution in [0, 0.1) is 4.77 Å². The van der Waals surface area contributed by atoms with Gasteiger partial charge in [0.1, 0.15) is 0 Å². The number of rotatable bonds is 1. The Bertz CT molecular complexity index is 481. The fraction of sp³-hybridized carbons (Fsp3) is 0.333. The van der Waals surface area contributed by atoms with Gasteiger partial charge in [0.15, 0.2) is 4.77 Å². The molecule has 0 fully saturated rings. The standard InChI is InChI=1S/C9H11N3S/c1-6(2)12-8-3-4-10-5-7(8)11-9(12)13/h3-6H,1-2H3,(H,11,13). The summed E-state index contributed by atoms with van der Waals surface area (Å²) in [6, 6.07) is 2.35. The second kappa shape index (κ2) is 2.96. The minimum atomic E-state index is 0.378. The van der Waals surface area contributed by atoms with Crippen molar-refractivity contribution in [1.29, 1.82) is 0 Å². The number of H-pyrrole nitrogens is 1. The Morgan fingerprint density at radius 3 is 3.00 bits per heavy atom. The first-order valence-electron chi connectivity index (χ1n) is 4.24. The van der Waals surface area contributed by atoms with E-state index in [2.05, 4.69) is 28.4 Å². The van der Waals surface area contributed by atoms with Crippen LogP contribution in [-0.4, -0.2) is 14.5 Å². The highest BCUT2D eigenvalue weighted by Crippen LogP contribution is 2.16. The van der Waals surface area contributed by atoms with Crippen molar-refractivity contribution >= 4 is 23.3 Å². The van der Waals surface area contributed by atoms with Gasteiger partial charge in [-0.3, -0.25) is 4.98 Å². The Morgan fingerprint density at radius 2 is 2.31 bits per heavy atom. The highest BCUT2D eigenvalue weighted by atomic mass is 32.1. The van der Waals surface area contributed by atoms with Gasteiger partial charge in [0, 0.05) is 12.2 Å². The maximum absolute atomic E-state index is 5.21. The van der Waals surface area contributed by atoms with Crippen LogP contribution in [0.1, 0.15) is 19.9 Å². The van der Waals surface area contributed by atoms with Crippen LogP contribution in [0.2, 0.25) is 0 Å². The molecule has 0 unspecified atom stereocenters. The van der Waals surface area contributed by atoms with Crippen LogP contribution >= 0.6 is 12.2 Å². The molecule has 68 valence electrons. The summed E-state index contributed by atoms with van der Waals surface area (Å²) in [7, 11) is 0. The first-order chi connectivity index (χ1) is 6.20. The van der Waals surface area contributed by atoms with Gasteiger partial charge in [0.2, 0.25) is 0 Å². The van der Waals surface area contributed by atoms with Crippen molar-refractivity contribution in [2.24, 2.45) is 0 Å². The molecule has 0 aliphatic rings. The molecule has 0 saturated carbocycles. The second-order valence-electron chi connectivity index (χ2n) is 3.29. The molecule has 2 aromatic rings. The van der Waals surface area contributed by atoms with Crippen molar-refractivity contribution in [3.8, 4) is 0 Å². The molecule has 3 nitrogen and oxygen atoms in total. The van der Waals surface area contributed by atoms with Crippen LogP contribution in [-0.2, 0) is 0 Å². The van der Waals surface area contributed by atoms with Gasteiger partial charge in [-0.15, -0.1) is 0 Å². The second-order valence-corrected chi connectivity index (χ2v) is 3.67. The van der Waals surface area contributed by atoms with E-state index in [0.717, 1.165) is 15.8 Å². The van der Waals surface area contributed by atoms with E-state index < -0.39 is 0 Å². The molecule has 0 radical (unpaired) electrons. The van der Waals surface area contributed by atoms with E-state index in [1.807, 2.05) is 6.07 Å². The Morgan fingerprint density at radius 1 is 1.54 bits per heavy atom. The molecule has 0 atom stereocenters. The van der Waals surface area contributed by atoms with Crippen LogP contribution in [0.25, 0.3) is 11.0 Å². The molecule has 2 rings (SSSR count). The van der Waals surface area contributed by atoms with Gasteiger partial charge in [-0.25, -0.2) is 0 Å². The zero-order valence-electron chi connectivity index (χ0n) is 7.61. The summed E-state index contributed by atoms with van der Waals surface area (Å²) in [5.41, 5.74) is 2.12. The first kappa shape index (κ1) is 8.44. The van der Waals surface area contributed by atoms with Crippen molar-refractivity contribution in [3.63, 3.8) is 0 Å². The number of nitrogens with zero attached hydrogens (tertiary/aromatic N) is 2. The van der Waals surface area contributed by atoms with Gasteiger partial charge < -0.3 is 9.55 Å². The molecule has 0 amide bonds. The van der Waals surface area contributed by atoms with Crippen molar-refractivity contribution in [1.82, 2.24) is 14.5 Å². The summed E-state index contributed by atoms with van der Waals surface area (Å²) in [5.74, 6) is 0.